The van der Waals surface area contributed by atoms with Crippen LogP contribution in [0.15, 0.2) is 47.0 Å². The van der Waals surface area contributed by atoms with E-state index in [1.54, 1.807) is 12.1 Å². The van der Waals surface area contributed by atoms with Crippen LogP contribution in [-0.2, 0) is 25.7 Å². The number of furan rings is 1. The molecule has 0 radical (unpaired) electrons. The first kappa shape index (κ1) is 17.7. The standard InChI is InChI=1S/C20H18F3N3O/c1-13-24-10-15-11-26(8-7-18(15)25-13)12-17-5-6-19(27-17)14-3-2-4-16(9-14)20(21,22)23/h2-6,9-10H,7-8,11-12H2,1H3. The van der Waals surface area contributed by atoms with Crippen molar-refractivity contribution in [2.24, 2.45) is 0 Å². The van der Waals surface area contributed by atoms with Gasteiger partial charge in [0.25, 0.3) is 0 Å². The van der Waals surface area contributed by atoms with Crippen LogP contribution in [0.3, 0.4) is 0 Å². The van der Waals surface area contributed by atoms with Crippen molar-refractivity contribution in [3.63, 3.8) is 0 Å². The molecule has 1 aliphatic heterocycles. The van der Waals surface area contributed by atoms with E-state index >= 15 is 0 Å². The first-order chi connectivity index (χ1) is 12.9. The van der Waals surface area contributed by atoms with Crippen molar-refractivity contribution < 1.29 is 17.6 Å². The predicted octanol–water partition coefficient (Wildman–Crippen LogP) is 4.62. The maximum atomic E-state index is 12.9. The molecule has 0 bridgehead atoms. The zero-order valence-corrected chi connectivity index (χ0v) is 14.8. The lowest BCUT2D eigenvalue weighted by Crippen LogP contribution is -2.30. The molecule has 2 aromatic heterocycles. The van der Waals surface area contributed by atoms with E-state index in [-0.39, 0.29) is 0 Å². The number of halogens is 3. The molecule has 0 unspecified atom stereocenters. The molecule has 4 nitrogen and oxygen atoms in total. The van der Waals surface area contributed by atoms with Crippen LogP contribution >= 0.6 is 0 Å². The van der Waals surface area contributed by atoms with Crippen molar-refractivity contribution in [1.29, 1.82) is 0 Å². The molecule has 4 rings (SSSR count). The summed E-state index contributed by atoms with van der Waals surface area (Å²) < 4.78 is 44.5. The Morgan fingerprint density at radius 3 is 2.85 bits per heavy atom. The van der Waals surface area contributed by atoms with Crippen LogP contribution in [0.25, 0.3) is 11.3 Å². The largest absolute Gasteiger partial charge is 0.460 e. The van der Waals surface area contributed by atoms with Gasteiger partial charge >= 0.3 is 6.18 Å². The monoisotopic (exact) mass is 373 g/mol. The third-order valence-corrected chi connectivity index (χ3v) is 4.65. The highest BCUT2D eigenvalue weighted by Gasteiger charge is 2.30. The second kappa shape index (κ2) is 6.81. The van der Waals surface area contributed by atoms with E-state index in [1.807, 2.05) is 19.2 Å². The molecular formula is C20H18F3N3O. The van der Waals surface area contributed by atoms with E-state index in [0.717, 1.165) is 54.5 Å². The Kier molecular flexibility index (Phi) is 4.47. The highest BCUT2D eigenvalue weighted by molar-refractivity contribution is 5.58. The first-order valence-corrected chi connectivity index (χ1v) is 8.68. The average Bonchev–Trinajstić information content (AvgIpc) is 3.10. The summed E-state index contributed by atoms with van der Waals surface area (Å²) >= 11 is 0. The van der Waals surface area contributed by atoms with Gasteiger partial charge in [0.05, 0.1) is 12.1 Å². The van der Waals surface area contributed by atoms with Gasteiger partial charge in [0.1, 0.15) is 17.3 Å². The second-order valence-electron chi connectivity index (χ2n) is 6.69. The number of aryl methyl sites for hydroxylation is 1. The summed E-state index contributed by atoms with van der Waals surface area (Å²) in [4.78, 5) is 10.9. The SMILES string of the molecule is Cc1ncc2c(n1)CCN(Cc1ccc(-c3cccc(C(F)(F)F)c3)o1)C2. The highest BCUT2D eigenvalue weighted by atomic mass is 19.4. The number of rotatable bonds is 3. The molecule has 1 aromatic carbocycles. The predicted molar refractivity (Wildman–Crippen MR) is 93.7 cm³/mol. The summed E-state index contributed by atoms with van der Waals surface area (Å²) in [6.07, 6.45) is -1.66. The zero-order valence-electron chi connectivity index (χ0n) is 14.8. The quantitative estimate of drug-likeness (QED) is 0.672. The fraction of sp³-hybridized carbons (Fsp3) is 0.300. The molecule has 7 heteroatoms. The van der Waals surface area contributed by atoms with E-state index in [1.165, 1.54) is 6.07 Å². The van der Waals surface area contributed by atoms with Gasteiger partial charge in [0.2, 0.25) is 0 Å². The van der Waals surface area contributed by atoms with Crippen molar-refractivity contribution in [2.75, 3.05) is 6.54 Å². The molecule has 3 aromatic rings. The summed E-state index contributed by atoms with van der Waals surface area (Å²) in [5.74, 6) is 1.94. The molecule has 0 saturated carbocycles. The second-order valence-corrected chi connectivity index (χ2v) is 6.69. The minimum atomic E-state index is -4.37. The Labute approximate surface area is 154 Å². The number of nitrogens with zero attached hydrogens (tertiary/aromatic N) is 3. The smallest absolute Gasteiger partial charge is 0.416 e. The van der Waals surface area contributed by atoms with E-state index in [9.17, 15) is 13.2 Å². The van der Waals surface area contributed by atoms with Gasteiger partial charge in [0.15, 0.2) is 0 Å². The number of fused-ring (bicyclic) bond motifs is 1. The van der Waals surface area contributed by atoms with Crippen molar-refractivity contribution in [1.82, 2.24) is 14.9 Å². The van der Waals surface area contributed by atoms with Crippen LogP contribution in [0, 0.1) is 6.92 Å². The molecule has 0 amide bonds. The fourth-order valence-corrected chi connectivity index (χ4v) is 3.30. The molecule has 0 fully saturated rings. The first-order valence-electron chi connectivity index (χ1n) is 8.68. The van der Waals surface area contributed by atoms with Crippen molar-refractivity contribution in [3.05, 3.63) is 71.0 Å². The molecule has 0 saturated heterocycles. The van der Waals surface area contributed by atoms with E-state index < -0.39 is 11.7 Å². The van der Waals surface area contributed by atoms with E-state index in [0.29, 0.717) is 17.9 Å². The molecule has 140 valence electrons. The fourth-order valence-electron chi connectivity index (χ4n) is 3.30. The molecule has 0 atom stereocenters. The molecule has 1 aliphatic rings. The minimum absolute atomic E-state index is 0.420. The molecule has 0 aliphatic carbocycles. The summed E-state index contributed by atoms with van der Waals surface area (Å²) in [7, 11) is 0. The number of aromatic nitrogens is 2. The summed E-state index contributed by atoms with van der Waals surface area (Å²) in [5.41, 5.74) is 1.93. The summed E-state index contributed by atoms with van der Waals surface area (Å²) in [6, 6.07) is 8.71. The Morgan fingerprint density at radius 2 is 2.04 bits per heavy atom. The number of benzene rings is 1. The lowest BCUT2D eigenvalue weighted by molar-refractivity contribution is -0.137. The van der Waals surface area contributed by atoms with Crippen molar-refractivity contribution in [2.45, 2.75) is 32.6 Å². The van der Waals surface area contributed by atoms with Gasteiger partial charge in [-0.25, -0.2) is 9.97 Å². The number of hydrogen-bond donors (Lipinski definition) is 0. The van der Waals surface area contributed by atoms with Crippen LogP contribution in [0.2, 0.25) is 0 Å². The Morgan fingerprint density at radius 1 is 1.19 bits per heavy atom. The Hall–Kier alpha value is -2.67. The Balaban J connectivity index is 1.48. The normalized spacial score (nSPS) is 15.0. The third kappa shape index (κ3) is 3.88. The number of alkyl halides is 3. The Bertz CT molecular complexity index is 965. The molecule has 27 heavy (non-hydrogen) atoms. The van der Waals surface area contributed by atoms with Crippen molar-refractivity contribution in [3.8, 4) is 11.3 Å². The van der Waals surface area contributed by atoms with E-state index in [4.69, 9.17) is 4.42 Å². The lowest BCUT2D eigenvalue weighted by Gasteiger charge is -2.27. The van der Waals surface area contributed by atoms with Gasteiger partial charge in [-0.3, -0.25) is 4.90 Å². The third-order valence-electron chi connectivity index (χ3n) is 4.65. The maximum absolute atomic E-state index is 12.9. The van der Waals surface area contributed by atoms with Gasteiger partial charge in [-0.1, -0.05) is 12.1 Å². The average molecular weight is 373 g/mol. The zero-order chi connectivity index (χ0) is 19.0. The molecule has 0 spiro atoms. The number of hydrogen-bond acceptors (Lipinski definition) is 4. The van der Waals surface area contributed by atoms with Crippen LogP contribution < -0.4 is 0 Å². The van der Waals surface area contributed by atoms with Crippen LogP contribution in [0.5, 0.6) is 0 Å². The van der Waals surface area contributed by atoms with Gasteiger partial charge in [-0.05, 0) is 31.2 Å². The van der Waals surface area contributed by atoms with Gasteiger partial charge < -0.3 is 4.42 Å². The van der Waals surface area contributed by atoms with Gasteiger partial charge in [-0.2, -0.15) is 13.2 Å². The van der Waals surface area contributed by atoms with Crippen LogP contribution in [0.1, 0.15) is 28.4 Å². The molecule has 0 N–H and O–H groups in total. The minimum Gasteiger partial charge on any atom is -0.460 e. The highest BCUT2D eigenvalue weighted by Crippen LogP contribution is 2.33. The van der Waals surface area contributed by atoms with Crippen LogP contribution in [-0.4, -0.2) is 21.4 Å². The molecule has 3 heterocycles. The molecular weight excluding hydrogens is 355 g/mol. The van der Waals surface area contributed by atoms with Crippen LogP contribution in [0.4, 0.5) is 13.2 Å². The van der Waals surface area contributed by atoms with Gasteiger partial charge in [0, 0.05) is 42.5 Å². The summed E-state index contributed by atoms with van der Waals surface area (Å²) in [6.45, 7) is 4.05. The topological polar surface area (TPSA) is 42.2 Å². The van der Waals surface area contributed by atoms with E-state index in [2.05, 4.69) is 14.9 Å². The van der Waals surface area contributed by atoms with Crippen molar-refractivity contribution >= 4 is 0 Å². The lowest BCUT2D eigenvalue weighted by atomic mass is 10.1. The van der Waals surface area contributed by atoms with Gasteiger partial charge in [-0.15, -0.1) is 0 Å². The maximum Gasteiger partial charge on any atom is 0.416 e. The summed E-state index contributed by atoms with van der Waals surface area (Å²) in [5, 5.41) is 0.